The molecule has 3 fully saturated rings. The number of hydrogen-bond acceptors (Lipinski definition) is 4. The van der Waals surface area contributed by atoms with Crippen LogP contribution in [0.4, 0.5) is 0 Å². The van der Waals surface area contributed by atoms with Gasteiger partial charge in [0.1, 0.15) is 0 Å². The van der Waals surface area contributed by atoms with Crippen molar-refractivity contribution in [2.45, 2.75) is 64.1 Å². The molecule has 3 atom stereocenters. The lowest BCUT2D eigenvalue weighted by molar-refractivity contribution is -0.0135. The third-order valence-corrected chi connectivity index (χ3v) is 5.94. The van der Waals surface area contributed by atoms with Crippen LogP contribution in [-0.4, -0.2) is 74.5 Å². The maximum Gasteiger partial charge on any atom is 0.0702 e. The van der Waals surface area contributed by atoms with Crippen molar-refractivity contribution in [3.05, 3.63) is 0 Å². The SMILES string of the molecule is CC1CCCCC1OCCN1CCCN(CC2CCCO2)CC1. The molecule has 3 aliphatic rings. The normalized spacial score (nSPS) is 34.6. The second-order valence-electron chi connectivity index (χ2n) is 7.80. The molecule has 0 bridgehead atoms. The summed E-state index contributed by atoms with van der Waals surface area (Å²) in [4.78, 5) is 5.21. The molecule has 0 radical (unpaired) electrons. The maximum absolute atomic E-state index is 6.20. The zero-order valence-corrected chi connectivity index (χ0v) is 15.0. The molecule has 4 nitrogen and oxygen atoms in total. The van der Waals surface area contributed by atoms with Gasteiger partial charge in [-0.25, -0.2) is 0 Å². The van der Waals surface area contributed by atoms with E-state index in [0.29, 0.717) is 12.2 Å². The van der Waals surface area contributed by atoms with E-state index in [9.17, 15) is 0 Å². The Morgan fingerprint density at radius 2 is 1.74 bits per heavy atom. The first-order valence-corrected chi connectivity index (χ1v) is 9.99. The van der Waals surface area contributed by atoms with Gasteiger partial charge >= 0.3 is 0 Å². The zero-order valence-electron chi connectivity index (χ0n) is 15.0. The van der Waals surface area contributed by atoms with Crippen LogP contribution in [0.15, 0.2) is 0 Å². The van der Waals surface area contributed by atoms with E-state index < -0.39 is 0 Å². The zero-order chi connectivity index (χ0) is 15.9. The Labute approximate surface area is 142 Å². The fourth-order valence-corrected chi connectivity index (χ4v) is 4.37. The van der Waals surface area contributed by atoms with E-state index in [1.807, 2.05) is 0 Å². The number of ether oxygens (including phenoxy) is 2. The third-order valence-electron chi connectivity index (χ3n) is 5.94. The molecule has 2 heterocycles. The van der Waals surface area contributed by atoms with Gasteiger partial charge in [0.05, 0.1) is 18.8 Å². The van der Waals surface area contributed by atoms with Crippen molar-refractivity contribution in [3.8, 4) is 0 Å². The van der Waals surface area contributed by atoms with Crippen LogP contribution in [0.5, 0.6) is 0 Å². The monoisotopic (exact) mass is 324 g/mol. The smallest absolute Gasteiger partial charge is 0.0702 e. The van der Waals surface area contributed by atoms with Gasteiger partial charge in [0.2, 0.25) is 0 Å². The quantitative estimate of drug-likeness (QED) is 0.750. The molecular weight excluding hydrogens is 288 g/mol. The summed E-state index contributed by atoms with van der Waals surface area (Å²) in [6.07, 6.45) is 10.2. The van der Waals surface area contributed by atoms with Crippen molar-refractivity contribution >= 4 is 0 Å². The minimum Gasteiger partial charge on any atom is -0.377 e. The average molecular weight is 325 g/mol. The highest BCUT2D eigenvalue weighted by Gasteiger charge is 2.23. The first kappa shape index (κ1) is 17.7. The van der Waals surface area contributed by atoms with Crippen molar-refractivity contribution in [3.63, 3.8) is 0 Å². The van der Waals surface area contributed by atoms with E-state index in [1.165, 1.54) is 71.1 Å². The lowest BCUT2D eigenvalue weighted by Crippen LogP contribution is -2.37. The second kappa shape index (κ2) is 9.36. The molecule has 4 heteroatoms. The van der Waals surface area contributed by atoms with Crippen molar-refractivity contribution in [2.75, 3.05) is 52.5 Å². The topological polar surface area (TPSA) is 24.9 Å². The molecule has 2 saturated heterocycles. The Kier molecular flexibility index (Phi) is 7.18. The molecule has 3 rings (SSSR count). The molecule has 0 spiro atoms. The molecule has 0 N–H and O–H groups in total. The molecule has 0 amide bonds. The lowest BCUT2D eigenvalue weighted by atomic mass is 9.88. The summed E-state index contributed by atoms with van der Waals surface area (Å²) in [5.74, 6) is 0.759. The van der Waals surface area contributed by atoms with Gasteiger partial charge in [0, 0.05) is 32.8 Å². The van der Waals surface area contributed by atoms with Crippen molar-refractivity contribution in [1.82, 2.24) is 9.80 Å². The fraction of sp³-hybridized carbons (Fsp3) is 1.00. The van der Waals surface area contributed by atoms with Crippen LogP contribution in [0, 0.1) is 5.92 Å². The van der Waals surface area contributed by atoms with E-state index in [2.05, 4.69) is 16.7 Å². The minimum absolute atomic E-state index is 0.498. The highest BCUT2D eigenvalue weighted by atomic mass is 16.5. The predicted octanol–water partition coefficient (Wildman–Crippen LogP) is 2.77. The summed E-state index contributed by atoms with van der Waals surface area (Å²) in [5, 5.41) is 0. The number of hydrogen-bond donors (Lipinski definition) is 0. The first-order chi connectivity index (χ1) is 11.3. The lowest BCUT2D eigenvalue weighted by Gasteiger charge is -2.30. The van der Waals surface area contributed by atoms with Crippen LogP contribution in [0.2, 0.25) is 0 Å². The molecule has 0 aromatic carbocycles. The average Bonchev–Trinajstić information content (AvgIpc) is 2.96. The Morgan fingerprint density at radius 3 is 2.57 bits per heavy atom. The summed E-state index contributed by atoms with van der Waals surface area (Å²) in [6.45, 7) is 11.3. The molecule has 3 unspecified atom stereocenters. The molecular formula is C19H36N2O2. The Bertz CT molecular complexity index is 333. The highest BCUT2D eigenvalue weighted by Crippen LogP contribution is 2.26. The Morgan fingerprint density at radius 1 is 0.913 bits per heavy atom. The maximum atomic E-state index is 6.20. The van der Waals surface area contributed by atoms with Gasteiger partial charge in [-0.2, -0.15) is 0 Å². The molecule has 23 heavy (non-hydrogen) atoms. The van der Waals surface area contributed by atoms with Gasteiger partial charge in [-0.1, -0.05) is 19.8 Å². The van der Waals surface area contributed by atoms with Crippen molar-refractivity contribution < 1.29 is 9.47 Å². The van der Waals surface area contributed by atoms with Gasteiger partial charge in [-0.05, 0) is 51.1 Å². The summed E-state index contributed by atoms with van der Waals surface area (Å²) in [6, 6.07) is 0. The molecule has 0 aromatic rings. The van der Waals surface area contributed by atoms with Crippen molar-refractivity contribution in [2.24, 2.45) is 5.92 Å². The highest BCUT2D eigenvalue weighted by molar-refractivity contribution is 4.76. The molecule has 2 aliphatic heterocycles. The predicted molar refractivity (Wildman–Crippen MR) is 93.8 cm³/mol. The summed E-state index contributed by atoms with van der Waals surface area (Å²) < 4.78 is 12.0. The Balaban J connectivity index is 1.31. The van der Waals surface area contributed by atoms with Crippen LogP contribution in [0.25, 0.3) is 0 Å². The van der Waals surface area contributed by atoms with Gasteiger partial charge in [0.25, 0.3) is 0 Å². The summed E-state index contributed by atoms with van der Waals surface area (Å²) in [5.41, 5.74) is 0. The second-order valence-corrected chi connectivity index (χ2v) is 7.80. The van der Waals surface area contributed by atoms with E-state index in [4.69, 9.17) is 9.47 Å². The van der Waals surface area contributed by atoms with Crippen LogP contribution in [0.1, 0.15) is 51.9 Å². The third kappa shape index (κ3) is 5.70. The first-order valence-electron chi connectivity index (χ1n) is 9.99. The summed E-state index contributed by atoms with van der Waals surface area (Å²) in [7, 11) is 0. The standard InChI is InChI=1S/C19H36N2O2/c1-17-6-2-3-8-19(17)23-15-13-20-9-5-10-21(12-11-20)16-18-7-4-14-22-18/h17-19H,2-16H2,1H3. The van der Waals surface area contributed by atoms with Gasteiger partial charge in [-0.15, -0.1) is 0 Å². The van der Waals surface area contributed by atoms with Gasteiger partial charge in [-0.3, -0.25) is 9.80 Å². The van der Waals surface area contributed by atoms with E-state index in [0.717, 1.165) is 32.2 Å². The summed E-state index contributed by atoms with van der Waals surface area (Å²) >= 11 is 0. The van der Waals surface area contributed by atoms with Crippen LogP contribution < -0.4 is 0 Å². The molecule has 1 aliphatic carbocycles. The Hall–Kier alpha value is -0.160. The molecule has 0 aromatic heterocycles. The molecule has 134 valence electrons. The van der Waals surface area contributed by atoms with Gasteiger partial charge < -0.3 is 9.47 Å². The van der Waals surface area contributed by atoms with E-state index in [-0.39, 0.29) is 0 Å². The fourth-order valence-electron chi connectivity index (χ4n) is 4.37. The molecule has 1 saturated carbocycles. The van der Waals surface area contributed by atoms with Crippen LogP contribution in [0.3, 0.4) is 0 Å². The van der Waals surface area contributed by atoms with Crippen LogP contribution in [-0.2, 0) is 9.47 Å². The number of nitrogens with zero attached hydrogens (tertiary/aromatic N) is 2. The van der Waals surface area contributed by atoms with E-state index >= 15 is 0 Å². The van der Waals surface area contributed by atoms with Gasteiger partial charge in [0.15, 0.2) is 0 Å². The number of rotatable bonds is 6. The van der Waals surface area contributed by atoms with Crippen molar-refractivity contribution in [1.29, 1.82) is 0 Å². The van der Waals surface area contributed by atoms with E-state index in [1.54, 1.807) is 0 Å². The minimum atomic E-state index is 0.498. The van der Waals surface area contributed by atoms with Crippen LogP contribution >= 0.6 is 0 Å². The largest absolute Gasteiger partial charge is 0.377 e.